The molecule has 0 spiro atoms. The number of nitrogens with zero attached hydrogens (tertiary/aromatic N) is 2. The van der Waals surface area contributed by atoms with Crippen molar-refractivity contribution in [2.75, 3.05) is 0 Å². The molecular formula is C21H22N4O2. The van der Waals surface area contributed by atoms with Crippen molar-refractivity contribution < 1.29 is 9.59 Å². The fraction of sp³-hybridized carbons (Fsp3) is 0.238. The van der Waals surface area contributed by atoms with Crippen molar-refractivity contribution in [3.63, 3.8) is 0 Å². The molecule has 0 unspecified atom stereocenters. The number of nitrogens with one attached hydrogen (secondary N) is 2. The van der Waals surface area contributed by atoms with Crippen molar-refractivity contribution in [3.05, 3.63) is 72.2 Å². The summed E-state index contributed by atoms with van der Waals surface area (Å²) >= 11 is 0. The Labute approximate surface area is 158 Å². The number of pyridine rings is 2. The van der Waals surface area contributed by atoms with Gasteiger partial charge in [0.1, 0.15) is 11.7 Å². The van der Waals surface area contributed by atoms with Gasteiger partial charge in [-0.05, 0) is 35.7 Å². The van der Waals surface area contributed by atoms with E-state index in [1.165, 1.54) is 0 Å². The number of hydrogen-bond donors (Lipinski definition) is 2. The van der Waals surface area contributed by atoms with Crippen LogP contribution in [0, 0.1) is 5.92 Å². The van der Waals surface area contributed by atoms with Crippen molar-refractivity contribution in [2.45, 2.75) is 26.4 Å². The smallest absolute Gasteiger partial charge is 0.270 e. The van der Waals surface area contributed by atoms with Gasteiger partial charge < -0.3 is 10.6 Å². The second-order valence-corrected chi connectivity index (χ2v) is 6.66. The van der Waals surface area contributed by atoms with E-state index in [0.717, 1.165) is 16.5 Å². The first-order valence-electron chi connectivity index (χ1n) is 8.88. The number of hydrogen-bond acceptors (Lipinski definition) is 4. The average molecular weight is 362 g/mol. The molecule has 1 atom stereocenters. The van der Waals surface area contributed by atoms with Gasteiger partial charge in [-0.3, -0.25) is 14.6 Å². The molecule has 3 rings (SSSR count). The van der Waals surface area contributed by atoms with Gasteiger partial charge in [-0.25, -0.2) is 4.98 Å². The Hall–Kier alpha value is -3.28. The molecule has 6 nitrogen and oxygen atoms in total. The monoisotopic (exact) mass is 362 g/mol. The van der Waals surface area contributed by atoms with Crippen molar-refractivity contribution in [1.82, 2.24) is 20.6 Å². The Morgan fingerprint density at radius 2 is 1.74 bits per heavy atom. The lowest BCUT2D eigenvalue weighted by atomic mass is 10.0. The Balaban J connectivity index is 1.68. The number of carbonyl (C=O) groups excluding carboxylic acids is 2. The predicted molar refractivity (Wildman–Crippen MR) is 104 cm³/mol. The number of para-hydroxylation sites is 1. The van der Waals surface area contributed by atoms with Gasteiger partial charge in [0.05, 0.1) is 5.52 Å². The summed E-state index contributed by atoms with van der Waals surface area (Å²) in [5.74, 6) is -0.652. The summed E-state index contributed by atoms with van der Waals surface area (Å²) in [6.45, 7) is 4.17. The summed E-state index contributed by atoms with van der Waals surface area (Å²) in [5, 5.41) is 6.64. The lowest BCUT2D eigenvalue weighted by molar-refractivity contribution is -0.124. The molecule has 2 N–H and O–H groups in total. The highest BCUT2D eigenvalue weighted by Crippen LogP contribution is 2.12. The predicted octanol–water partition coefficient (Wildman–Crippen LogP) is 2.70. The van der Waals surface area contributed by atoms with E-state index < -0.39 is 6.04 Å². The van der Waals surface area contributed by atoms with Crippen LogP contribution in [0.25, 0.3) is 10.9 Å². The molecule has 2 aromatic heterocycles. The van der Waals surface area contributed by atoms with Gasteiger partial charge in [-0.1, -0.05) is 38.1 Å². The average Bonchev–Trinajstić information content (AvgIpc) is 2.70. The Morgan fingerprint density at radius 1 is 1.00 bits per heavy atom. The summed E-state index contributed by atoms with van der Waals surface area (Å²) in [6, 6.07) is 14.1. The van der Waals surface area contributed by atoms with Crippen LogP contribution in [0.15, 0.2) is 60.9 Å². The standard InChI is InChI=1S/C21H22N4O2/c1-14(2)19(21(27)23-13-15-9-11-22-12-10-15)25-20(26)18-8-7-16-5-3-4-6-17(16)24-18/h3-12,14,19H,13H2,1-2H3,(H,23,27)(H,25,26)/t19-/m0/s1. The van der Waals surface area contributed by atoms with Crippen LogP contribution in [0.3, 0.4) is 0 Å². The summed E-state index contributed by atoms with van der Waals surface area (Å²) in [5.41, 5.74) is 1.98. The maximum Gasteiger partial charge on any atom is 0.270 e. The molecule has 0 aliphatic carbocycles. The number of rotatable bonds is 6. The minimum Gasteiger partial charge on any atom is -0.350 e. The van der Waals surface area contributed by atoms with E-state index in [-0.39, 0.29) is 17.7 Å². The van der Waals surface area contributed by atoms with Crippen molar-refractivity contribution in [3.8, 4) is 0 Å². The second-order valence-electron chi connectivity index (χ2n) is 6.66. The summed E-state index contributed by atoms with van der Waals surface area (Å²) < 4.78 is 0. The van der Waals surface area contributed by atoms with E-state index in [0.29, 0.717) is 12.2 Å². The zero-order chi connectivity index (χ0) is 19.2. The molecular weight excluding hydrogens is 340 g/mol. The molecule has 0 bridgehead atoms. The highest BCUT2D eigenvalue weighted by molar-refractivity contribution is 5.97. The van der Waals surface area contributed by atoms with Gasteiger partial charge in [0.2, 0.25) is 5.91 Å². The third kappa shape index (κ3) is 4.67. The first-order valence-corrected chi connectivity index (χ1v) is 8.88. The van der Waals surface area contributed by atoms with Crippen molar-refractivity contribution in [1.29, 1.82) is 0 Å². The van der Waals surface area contributed by atoms with E-state index in [2.05, 4.69) is 20.6 Å². The van der Waals surface area contributed by atoms with Crippen LogP contribution in [0.1, 0.15) is 29.9 Å². The molecule has 0 radical (unpaired) electrons. The number of fused-ring (bicyclic) bond motifs is 1. The number of amides is 2. The third-order valence-electron chi connectivity index (χ3n) is 4.28. The first-order chi connectivity index (χ1) is 13.0. The fourth-order valence-corrected chi connectivity index (χ4v) is 2.74. The third-order valence-corrected chi connectivity index (χ3v) is 4.28. The van der Waals surface area contributed by atoms with Crippen LogP contribution in [-0.4, -0.2) is 27.8 Å². The minimum atomic E-state index is -0.646. The molecule has 1 aromatic carbocycles. The summed E-state index contributed by atoms with van der Waals surface area (Å²) in [7, 11) is 0. The van der Waals surface area contributed by atoms with Crippen LogP contribution < -0.4 is 10.6 Å². The number of aromatic nitrogens is 2. The second kappa shape index (κ2) is 8.40. The Kier molecular flexibility index (Phi) is 5.76. The van der Waals surface area contributed by atoms with Crippen LogP contribution in [0.5, 0.6) is 0 Å². The van der Waals surface area contributed by atoms with Gasteiger partial charge in [0.25, 0.3) is 5.91 Å². The Morgan fingerprint density at radius 3 is 2.48 bits per heavy atom. The maximum absolute atomic E-state index is 12.6. The lowest BCUT2D eigenvalue weighted by Crippen LogP contribution is -2.49. The normalized spacial score (nSPS) is 12.0. The number of benzene rings is 1. The topological polar surface area (TPSA) is 84.0 Å². The highest BCUT2D eigenvalue weighted by Gasteiger charge is 2.25. The van der Waals surface area contributed by atoms with Crippen LogP contribution in [0.2, 0.25) is 0 Å². The fourth-order valence-electron chi connectivity index (χ4n) is 2.74. The van der Waals surface area contributed by atoms with Gasteiger partial charge in [0, 0.05) is 24.3 Å². The largest absolute Gasteiger partial charge is 0.350 e. The summed E-state index contributed by atoms with van der Waals surface area (Å²) in [4.78, 5) is 33.5. The van der Waals surface area contributed by atoms with E-state index in [9.17, 15) is 9.59 Å². The molecule has 0 aliphatic heterocycles. The van der Waals surface area contributed by atoms with Crippen LogP contribution >= 0.6 is 0 Å². The minimum absolute atomic E-state index is 0.0631. The van der Waals surface area contributed by atoms with E-state index in [1.807, 2.05) is 56.3 Å². The quantitative estimate of drug-likeness (QED) is 0.706. The van der Waals surface area contributed by atoms with Gasteiger partial charge in [-0.2, -0.15) is 0 Å². The lowest BCUT2D eigenvalue weighted by Gasteiger charge is -2.21. The molecule has 6 heteroatoms. The molecule has 138 valence electrons. The molecule has 0 aliphatic rings. The van der Waals surface area contributed by atoms with Crippen molar-refractivity contribution >= 4 is 22.7 Å². The van der Waals surface area contributed by atoms with Crippen LogP contribution in [-0.2, 0) is 11.3 Å². The van der Waals surface area contributed by atoms with Crippen LogP contribution in [0.4, 0.5) is 0 Å². The molecule has 0 saturated heterocycles. The van der Waals surface area contributed by atoms with Gasteiger partial charge in [-0.15, -0.1) is 0 Å². The molecule has 0 saturated carbocycles. The SMILES string of the molecule is CC(C)[C@H](NC(=O)c1ccc2ccccc2n1)C(=O)NCc1ccncc1. The zero-order valence-corrected chi connectivity index (χ0v) is 15.3. The molecule has 2 heterocycles. The van der Waals surface area contributed by atoms with Gasteiger partial charge >= 0.3 is 0 Å². The molecule has 2 amide bonds. The van der Waals surface area contributed by atoms with Crippen molar-refractivity contribution in [2.24, 2.45) is 5.92 Å². The number of carbonyl (C=O) groups is 2. The first kappa shape index (κ1) is 18.5. The highest BCUT2D eigenvalue weighted by atomic mass is 16.2. The van der Waals surface area contributed by atoms with E-state index in [4.69, 9.17) is 0 Å². The molecule has 0 fully saturated rings. The van der Waals surface area contributed by atoms with E-state index in [1.54, 1.807) is 18.5 Å². The van der Waals surface area contributed by atoms with Gasteiger partial charge in [0.15, 0.2) is 0 Å². The molecule has 27 heavy (non-hydrogen) atoms. The zero-order valence-electron chi connectivity index (χ0n) is 15.3. The Bertz CT molecular complexity index is 941. The summed E-state index contributed by atoms with van der Waals surface area (Å²) in [6.07, 6.45) is 3.35. The molecule has 3 aromatic rings. The maximum atomic E-state index is 12.6. The van der Waals surface area contributed by atoms with E-state index >= 15 is 0 Å².